The second-order valence-electron chi connectivity index (χ2n) is 9.62. The molecule has 28 heavy (non-hydrogen) atoms. The molecule has 3 saturated heterocycles. The van der Waals surface area contributed by atoms with Gasteiger partial charge in [-0.2, -0.15) is 0 Å². The number of rotatable bonds is 4. The van der Waals surface area contributed by atoms with Crippen molar-refractivity contribution in [2.24, 2.45) is 11.3 Å². The Labute approximate surface area is 167 Å². The molecular formula is C22H32N4O2. The van der Waals surface area contributed by atoms with Crippen molar-refractivity contribution < 1.29 is 4.92 Å². The van der Waals surface area contributed by atoms with Crippen LogP contribution in [0.5, 0.6) is 0 Å². The SMILES string of the molecule is O=[N+]([O-])c1ccc(N2C[C@@H]3C[C@H]2CN3CC2CCC3(CCNCC3)CC2)cc1. The molecule has 0 aromatic heterocycles. The first-order valence-electron chi connectivity index (χ1n) is 11.1. The lowest BCUT2D eigenvalue weighted by atomic mass is 9.65. The quantitative estimate of drug-likeness (QED) is 0.637. The fourth-order valence-corrected chi connectivity index (χ4v) is 6.32. The molecule has 4 aliphatic rings. The smallest absolute Gasteiger partial charge is 0.269 e. The number of hydrogen-bond acceptors (Lipinski definition) is 5. The predicted octanol–water partition coefficient (Wildman–Crippen LogP) is 3.42. The number of hydrogen-bond donors (Lipinski definition) is 1. The highest BCUT2D eigenvalue weighted by atomic mass is 16.6. The Balaban J connectivity index is 1.14. The molecule has 6 heteroatoms. The standard InChI is InChI=1S/C22H32N4O2/c27-26(28)19-3-1-18(2-4-19)25-16-20-13-21(25)15-24(20)14-17-5-7-22(8-6-17)9-11-23-12-10-22/h1-4,17,20-21,23H,5-16H2/t20-,21-/m0/s1. The summed E-state index contributed by atoms with van der Waals surface area (Å²) in [5, 5.41) is 14.4. The summed E-state index contributed by atoms with van der Waals surface area (Å²) in [7, 11) is 0. The third kappa shape index (κ3) is 3.41. The molecule has 1 aromatic carbocycles. The van der Waals surface area contributed by atoms with Crippen molar-refractivity contribution in [3.05, 3.63) is 34.4 Å². The molecule has 0 unspecified atom stereocenters. The van der Waals surface area contributed by atoms with Crippen LogP contribution in [-0.4, -0.2) is 54.6 Å². The van der Waals surface area contributed by atoms with Crippen molar-refractivity contribution in [3.8, 4) is 0 Å². The molecule has 5 rings (SSSR count). The number of non-ortho nitro benzene ring substituents is 1. The van der Waals surface area contributed by atoms with Gasteiger partial charge in [-0.15, -0.1) is 0 Å². The summed E-state index contributed by atoms with van der Waals surface area (Å²) >= 11 is 0. The summed E-state index contributed by atoms with van der Waals surface area (Å²) in [4.78, 5) is 15.8. The molecule has 0 radical (unpaired) electrons. The fourth-order valence-electron chi connectivity index (χ4n) is 6.32. The number of fused-ring (bicyclic) bond motifs is 2. The zero-order valence-electron chi connectivity index (χ0n) is 16.7. The zero-order chi connectivity index (χ0) is 19.1. The highest BCUT2D eigenvalue weighted by molar-refractivity contribution is 5.53. The van der Waals surface area contributed by atoms with Gasteiger partial charge in [0.15, 0.2) is 0 Å². The molecule has 1 aliphatic carbocycles. The Kier molecular flexibility index (Phi) is 4.79. The van der Waals surface area contributed by atoms with E-state index >= 15 is 0 Å². The minimum Gasteiger partial charge on any atom is -0.366 e. The van der Waals surface area contributed by atoms with Crippen LogP contribution in [-0.2, 0) is 0 Å². The number of piperazine rings is 1. The van der Waals surface area contributed by atoms with Gasteiger partial charge < -0.3 is 10.2 Å². The van der Waals surface area contributed by atoms with Gasteiger partial charge in [-0.05, 0) is 81.5 Å². The monoisotopic (exact) mass is 384 g/mol. The number of likely N-dealkylation sites (tertiary alicyclic amines) is 1. The second kappa shape index (κ2) is 7.30. The Morgan fingerprint density at radius 1 is 1.04 bits per heavy atom. The van der Waals surface area contributed by atoms with Crippen molar-refractivity contribution in [2.75, 3.05) is 37.6 Å². The Morgan fingerprint density at radius 2 is 1.75 bits per heavy atom. The molecule has 1 aromatic rings. The molecule has 2 atom stereocenters. The minimum absolute atomic E-state index is 0.179. The molecule has 4 fully saturated rings. The highest BCUT2D eigenvalue weighted by Gasteiger charge is 2.44. The normalized spacial score (nSPS) is 30.2. The van der Waals surface area contributed by atoms with E-state index in [-0.39, 0.29) is 10.6 Å². The maximum absolute atomic E-state index is 10.9. The van der Waals surface area contributed by atoms with E-state index in [9.17, 15) is 10.1 Å². The van der Waals surface area contributed by atoms with Gasteiger partial charge in [0.05, 0.1) is 4.92 Å². The van der Waals surface area contributed by atoms with Gasteiger partial charge in [0.25, 0.3) is 5.69 Å². The van der Waals surface area contributed by atoms with Crippen LogP contribution in [0.1, 0.15) is 44.9 Å². The van der Waals surface area contributed by atoms with Crippen molar-refractivity contribution in [2.45, 2.75) is 57.0 Å². The molecule has 152 valence electrons. The molecule has 6 nitrogen and oxygen atoms in total. The van der Waals surface area contributed by atoms with Crippen molar-refractivity contribution in [1.82, 2.24) is 10.2 Å². The summed E-state index contributed by atoms with van der Waals surface area (Å²) < 4.78 is 0. The van der Waals surface area contributed by atoms with E-state index < -0.39 is 0 Å². The molecule has 0 amide bonds. The van der Waals surface area contributed by atoms with Crippen LogP contribution in [0.25, 0.3) is 0 Å². The van der Waals surface area contributed by atoms with Crippen LogP contribution in [0.2, 0.25) is 0 Å². The molecular weight excluding hydrogens is 352 g/mol. The predicted molar refractivity (Wildman–Crippen MR) is 111 cm³/mol. The number of nitrogens with one attached hydrogen (secondary N) is 1. The molecule has 1 saturated carbocycles. The topological polar surface area (TPSA) is 61.7 Å². The average Bonchev–Trinajstić information content (AvgIpc) is 3.31. The van der Waals surface area contributed by atoms with E-state index in [1.807, 2.05) is 12.1 Å². The van der Waals surface area contributed by atoms with Crippen molar-refractivity contribution in [1.29, 1.82) is 0 Å². The van der Waals surface area contributed by atoms with E-state index in [2.05, 4.69) is 15.1 Å². The van der Waals surface area contributed by atoms with E-state index in [4.69, 9.17) is 0 Å². The lowest BCUT2D eigenvalue weighted by Gasteiger charge is -2.45. The van der Waals surface area contributed by atoms with Crippen molar-refractivity contribution >= 4 is 11.4 Å². The molecule has 1 N–H and O–H groups in total. The third-order valence-corrected chi connectivity index (χ3v) is 8.07. The number of nitro benzene ring substituents is 1. The fraction of sp³-hybridized carbons (Fsp3) is 0.727. The molecule has 1 spiro atoms. The van der Waals surface area contributed by atoms with Gasteiger partial charge in [0.2, 0.25) is 0 Å². The number of anilines is 1. The number of piperidine rings is 1. The van der Waals surface area contributed by atoms with E-state index in [1.165, 1.54) is 64.6 Å². The molecule has 3 aliphatic heterocycles. The van der Waals surface area contributed by atoms with E-state index in [0.717, 1.165) is 24.7 Å². The Bertz CT molecular complexity index is 706. The van der Waals surface area contributed by atoms with Crippen LogP contribution >= 0.6 is 0 Å². The van der Waals surface area contributed by atoms with Crippen LogP contribution in [0.15, 0.2) is 24.3 Å². The number of nitrogens with zero attached hydrogens (tertiary/aromatic N) is 3. The van der Waals surface area contributed by atoms with Crippen LogP contribution < -0.4 is 10.2 Å². The number of benzene rings is 1. The average molecular weight is 385 g/mol. The first kappa shape index (κ1) is 18.4. The van der Waals surface area contributed by atoms with Crippen molar-refractivity contribution in [3.63, 3.8) is 0 Å². The molecule has 2 bridgehead atoms. The van der Waals surface area contributed by atoms with E-state index in [0.29, 0.717) is 17.5 Å². The summed E-state index contributed by atoms with van der Waals surface area (Å²) in [6.07, 6.45) is 9.74. The largest absolute Gasteiger partial charge is 0.366 e. The maximum atomic E-state index is 10.9. The minimum atomic E-state index is -0.320. The summed E-state index contributed by atoms with van der Waals surface area (Å²) in [5.74, 6) is 0.882. The lowest BCUT2D eigenvalue weighted by molar-refractivity contribution is -0.384. The first-order valence-corrected chi connectivity index (χ1v) is 11.1. The van der Waals surface area contributed by atoms with Gasteiger partial charge in [-0.1, -0.05) is 0 Å². The zero-order valence-corrected chi connectivity index (χ0v) is 16.7. The maximum Gasteiger partial charge on any atom is 0.269 e. The van der Waals surface area contributed by atoms with E-state index in [1.54, 1.807) is 12.1 Å². The number of nitro groups is 1. The third-order valence-electron chi connectivity index (χ3n) is 8.07. The van der Waals surface area contributed by atoms with Gasteiger partial charge in [0.1, 0.15) is 0 Å². The second-order valence-corrected chi connectivity index (χ2v) is 9.62. The van der Waals surface area contributed by atoms with Gasteiger partial charge >= 0.3 is 0 Å². The molecule has 3 heterocycles. The first-order chi connectivity index (χ1) is 13.6. The lowest BCUT2D eigenvalue weighted by Crippen LogP contribution is -2.48. The van der Waals surface area contributed by atoms with Gasteiger partial charge in [-0.25, -0.2) is 0 Å². The summed E-state index contributed by atoms with van der Waals surface area (Å²) in [6.45, 7) is 5.96. The Morgan fingerprint density at radius 3 is 2.36 bits per heavy atom. The van der Waals surface area contributed by atoms with Gasteiger partial charge in [-0.3, -0.25) is 15.0 Å². The van der Waals surface area contributed by atoms with Crippen LogP contribution in [0.4, 0.5) is 11.4 Å². The van der Waals surface area contributed by atoms with Crippen LogP contribution in [0, 0.1) is 21.4 Å². The van der Waals surface area contributed by atoms with Gasteiger partial charge in [0, 0.05) is 49.5 Å². The van der Waals surface area contributed by atoms with Crippen LogP contribution in [0.3, 0.4) is 0 Å². The Hall–Kier alpha value is -1.66. The summed E-state index contributed by atoms with van der Waals surface area (Å²) in [5.41, 5.74) is 1.99. The highest BCUT2D eigenvalue weighted by Crippen LogP contribution is 2.46. The summed E-state index contributed by atoms with van der Waals surface area (Å²) in [6, 6.07) is 8.35.